The Morgan fingerprint density at radius 1 is 1.20 bits per heavy atom. The van der Waals surface area contributed by atoms with Gasteiger partial charge in [0.2, 0.25) is 0 Å². The first-order valence-electron chi connectivity index (χ1n) is 7.40. The first-order chi connectivity index (χ1) is 11.9. The molecule has 130 valence electrons. The number of esters is 1. The van der Waals surface area contributed by atoms with Crippen LogP contribution in [0.3, 0.4) is 0 Å². The quantitative estimate of drug-likeness (QED) is 0.838. The minimum Gasteiger partial charge on any atom is -0.465 e. The van der Waals surface area contributed by atoms with Crippen LogP contribution in [0.5, 0.6) is 0 Å². The smallest absolute Gasteiger partial charge is 0.360 e. The molecule has 0 atom stereocenters. The van der Waals surface area contributed by atoms with Crippen molar-refractivity contribution in [1.29, 1.82) is 0 Å². The standard InChI is InChI=1S/C18H18N2O5/c1-20(2)10-9-15-13(17(22)24-3)11-14(18(23)25-15)19-16(21)12-7-5-4-6-8-12/h4-11H,1-3H3,(H,19,21)/b10-9+. The van der Waals surface area contributed by atoms with Gasteiger partial charge in [0.25, 0.3) is 5.91 Å². The Morgan fingerprint density at radius 3 is 2.48 bits per heavy atom. The molecule has 0 aliphatic rings. The summed E-state index contributed by atoms with van der Waals surface area (Å²) in [5, 5.41) is 2.45. The Labute approximate surface area is 144 Å². The number of carbonyl (C=O) groups is 2. The van der Waals surface area contributed by atoms with Gasteiger partial charge in [-0.2, -0.15) is 0 Å². The van der Waals surface area contributed by atoms with Gasteiger partial charge in [-0.15, -0.1) is 0 Å². The lowest BCUT2D eigenvalue weighted by Gasteiger charge is -2.09. The summed E-state index contributed by atoms with van der Waals surface area (Å²) in [4.78, 5) is 38.0. The van der Waals surface area contributed by atoms with Gasteiger partial charge in [-0.3, -0.25) is 4.79 Å². The molecule has 2 aromatic rings. The van der Waals surface area contributed by atoms with Crippen LogP contribution in [-0.2, 0) is 4.74 Å². The number of hydrogen-bond acceptors (Lipinski definition) is 6. The van der Waals surface area contributed by atoms with Gasteiger partial charge in [0.15, 0.2) is 0 Å². The van der Waals surface area contributed by atoms with Crippen LogP contribution in [0.15, 0.2) is 51.8 Å². The molecule has 0 aliphatic heterocycles. The highest BCUT2D eigenvalue weighted by Crippen LogP contribution is 2.16. The van der Waals surface area contributed by atoms with Crippen LogP contribution < -0.4 is 10.9 Å². The van der Waals surface area contributed by atoms with Gasteiger partial charge in [-0.25, -0.2) is 9.59 Å². The van der Waals surface area contributed by atoms with Gasteiger partial charge in [0, 0.05) is 25.9 Å². The molecule has 0 saturated carbocycles. The molecule has 1 aromatic heterocycles. The van der Waals surface area contributed by atoms with Crippen molar-refractivity contribution in [2.24, 2.45) is 0 Å². The SMILES string of the molecule is COC(=O)c1cc(NC(=O)c2ccccc2)c(=O)oc1/C=C/N(C)C. The highest BCUT2D eigenvalue weighted by atomic mass is 16.5. The minimum atomic E-state index is -0.768. The molecule has 1 heterocycles. The number of anilines is 1. The molecule has 1 N–H and O–H groups in total. The number of benzene rings is 1. The van der Waals surface area contributed by atoms with Gasteiger partial charge in [0.1, 0.15) is 17.0 Å². The molecule has 0 spiro atoms. The first-order valence-corrected chi connectivity index (χ1v) is 7.40. The molecule has 0 unspecified atom stereocenters. The zero-order valence-electron chi connectivity index (χ0n) is 14.1. The molecule has 0 radical (unpaired) electrons. The minimum absolute atomic E-state index is 0.0311. The third kappa shape index (κ3) is 4.57. The highest BCUT2D eigenvalue weighted by Gasteiger charge is 2.18. The lowest BCUT2D eigenvalue weighted by atomic mass is 10.2. The average molecular weight is 342 g/mol. The van der Waals surface area contributed by atoms with Crippen molar-refractivity contribution in [3.8, 4) is 0 Å². The summed E-state index contributed by atoms with van der Waals surface area (Å²) in [6.07, 6.45) is 3.09. The third-order valence-electron chi connectivity index (χ3n) is 3.19. The van der Waals surface area contributed by atoms with E-state index in [1.807, 2.05) is 0 Å². The Hall–Kier alpha value is -3.35. The van der Waals surface area contributed by atoms with Gasteiger partial charge in [-0.1, -0.05) is 18.2 Å². The van der Waals surface area contributed by atoms with Crippen molar-refractivity contribution in [2.45, 2.75) is 0 Å². The topological polar surface area (TPSA) is 88.8 Å². The predicted octanol–water partition coefficient (Wildman–Crippen LogP) is 2.21. The van der Waals surface area contributed by atoms with E-state index in [1.54, 1.807) is 55.5 Å². The van der Waals surface area contributed by atoms with E-state index in [-0.39, 0.29) is 17.0 Å². The zero-order valence-corrected chi connectivity index (χ0v) is 14.1. The maximum Gasteiger partial charge on any atom is 0.360 e. The van der Waals surface area contributed by atoms with Gasteiger partial charge >= 0.3 is 11.6 Å². The molecule has 0 fully saturated rings. The fourth-order valence-electron chi connectivity index (χ4n) is 1.97. The number of nitrogens with one attached hydrogen (secondary N) is 1. The summed E-state index contributed by atoms with van der Waals surface area (Å²) in [6.45, 7) is 0. The molecule has 25 heavy (non-hydrogen) atoms. The summed E-state index contributed by atoms with van der Waals surface area (Å²) in [6, 6.07) is 9.62. The van der Waals surface area contributed by atoms with E-state index in [1.165, 1.54) is 19.3 Å². The monoisotopic (exact) mass is 342 g/mol. The van der Waals surface area contributed by atoms with E-state index >= 15 is 0 Å². The fraction of sp³-hybridized carbons (Fsp3) is 0.167. The summed E-state index contributed by atoms with van der Waals surface area (Å²) >= 11 is 0. The number of ether oxygens (including phenoxy) is 1. The predicted molar refractivity (Wildman–Crippen MR) is 93.4 cm³/mol. The molecular weight excluding hydrogens is 324 g/mol. The fourth-order valence-corrected chi connectivity index (χ4v) is 1.97. The molecule has 7 nitrogen and oxygen atoms in total. The number of nitrogens with zero attached hydrogens (tertiary/aromatic N) is 1. The van der Waals surface area contributed by atoms with Gasteiger partial charge in [-0.05, 0) is 24.3 Å². The molecule has 7 heteroatoms. The second-order valence-corrected chi connectivity index (χ2v) is 5.32. The van der Waals surface area contributed by atoms with E-state index < -0.39 is 17.5 Å². The van der Waals surface area contributed by atoms with E-state index in [9.17, 15) is 14.4 Å². The molecule has 0 saturated heterocycles. The van der Waals surface area contributed by atoms with Crippen molar-refractivity contribution >= 4 is 23.6 Å². The van der Waals surface area contributed by atoms with E-state index in [0.29, 0.717) is 5.56 Å². The lowest BCUT2D eigenvalue weighted by Crippen LogP contribution is -2.20. The van der Waals surface area contributed by atoms with Crippen LogP contribution in [-0.4, -0.2) is 38.0 Å². The van der Waals surface area contributed by atoms with E-state index in [4.69, 9.17) is 9.15 Å². The maximum absolute atomic E-state index is 12.2. The number of carbonyl (C=O) groups excluding carboxylic acids is 2. The normalized spacial score (nSPS) is 10.5. The van der Waals surface area contributed by atoms with Crippen LogP contribution in [0.2, 0.25) is 0 Å². The van der Waals surface area contributed by atoms with Crippen molar-refractivity contribution in [1.82, 2.24) is 4.90 Å². The molecule has 1 amide bonds. The number of amides is 1. The average Bonchev–Trinajstić information content (AvgIpc) is 2.61. The Morgan fingerprint density at radius 2 is 1.88 bits per heavy atom. The second-order valence-electron chi connectivity index (χ2n) is 5.32. The number of hydrogen-bond donors (Lipinski definition) is 1. The van der Waals surface area contributed by atoms with Crippen LogP contribution in [0.25, 0.3) is 6.08 Å². The zero-order chi connectivity index (χ0) is 18.4. The molecule has 0 bridgehead atoms. The van der Waals surface area contributed by atoms with Crippen LogP contribution >= 0.6 is 0 Å². The molecule has 0 aliphatic carbocycles. The van der Waals surface area contributed by atoms with Crippen LogP contribution in [0.1, 0.15) is 26.5 Å². The summed E-state index contributed by atoms with van der Waals surface area (Å²) in [5.41, 5.74) is -0.506. The lowest BCUT2D eigenvalue weighted by molar-refractivity contribution is 0.0597. The Kier molecular flexibility index (Phi) is 5.73. The van der Waals surface area contributed by atoms with Crippen molar-refractivity contribution in [3.05, 3.63) is 69.9 Å². The summed E-state index contributed by atoms with van der Waals surface area (Å²) < 4.78 is 9.87. The van der Waals surface area contributed by atoms with Crippen LogP contribution in [0.4, 0.5) is 5.69 Å². The summed E-state index contributed by atoms with van der Waals surface area (Å²) in [5.74, 6) is -1.12. The number of rotatable bonds is 5. The largest absolute Gasteiger partial charge is 0.465 e. The van der Waals surface area contributed by atoms with Crippen molar-refractivity contribution < 1.29 is 18.7 Å². The Bertz CT molecular complexity index is 854. The van der Waals surface area contributed by atoms with Crippen molar-refractivity contribution in [3.63, 3.8) is 0 Å². The van der Waals surface area contributed by atoms with Gasteiger partial charge < -0.3 is 19.4 Å². The highest BCUT2D eigenvalue weighted by molar-refractivity contribution is 6.04. The Balaban J connectivity index is 2.41. The third-order valence-corrected chi connectivity index (χ3v) is 3.19. The molecular formula is C18H18N2O5. The van der Waals surface area contributed by atoms with E-state index in [0.717, 1.165) is 0 Å². The molecule has 1 aromatic carbocycles. The second kappa shape index (κ2) is 7.96. The summed E-state index contributed by atoms with van der Waals surface area (Å²) in [7, 11) is 4.77. The molecule has 2 rings (SSSR count). The van der Waals surface area contributed by atoms with E-state index in [2.05, 4.69) is 5.32 Å². The first kappa shape index (κ1) is 18.0. The van der Waals surface area contributed by atoms with Gasteiger partial charge in [0.05, 0.1) is 7.11 Å². The number of methoxy groups -OCH3 is 1. The maximum atomic E-state index is 12.2. The van der Waals surface area contributed by atoms with Crippen molar-refractivity contribution in [2.75, 3.05) is 26.5 Å². The van der Waals surface area contributed by atoms with Crippen LogP contribution in [0, 0.1) is 0 Å².